The Bertz CT molecular complexity index is 348. The topological polar surface area (TPSA) is 37.8 Å². The van der Waals surface area contributed by atoms with Crippen molar-refractivity contribution in [3.8, 4) is 0 Å². The van der Waals surface area contributed by atoms with Crippen LogP contribution in [0.25, 0.3) is 0 Å². The molecule has 1 heterocycles. The van der Waals surface area contributed by atoms with E-state index in [1.165, 1.54) is 32.1 Å². The van der Waals surface area contributed by atoms with Gasteiger partial charge in [-0.25, -0.2) is 9.97 Å². The van der Waals surface area contributed by atoms with Crippen molar-refractivity contribution in [2.75, 3.05) is 11.9 Å². The minimum Gasteiger partial charge on any atom is -0.370 e. The van der Waals surface area contributed by atoms with Crippen LogP contribution >= 0.6 is 15.9 Å². The second-order valence-corrected chi connectivity index (χ2v) is 5.88. The third-order valence-electron chi connectivity index (χ3n) is 3.63. The summed E-state index contributed by atoms with van der Waals surface area (Å²) in [5.41, 5.74) is 0. The van der Waals surface area contributed by atoms with Crippen molar-refractivity contribution in [3.05, 3.63) is 17.0 Å². The molecule has 3 nitrogen and oxygen atoms in total. The molecule has 0 amide bonds. The molecule has 0 spiro atoms. The molecule has 94 valence electrons. The monoisotopic (exact) mass is 297 g/mol. The fraction of sp³-hybridized carbons (Fsp3) is 0.692. The zero-order valence-corrected chi connectivity index (χ0v) is 11.9. The highest BCUT2D eigenvalue weighted by Crippen LogP contribution is 2.30. The van der Waals surface area contributed by atoms with Crippen LogP contribution in [-0.4, -0.2) is 16.5 Å². The highest BCUT2D eigenvalue weighted by molar-refractivity contribution is 9.10. The molecule has 1 aliphatic carbocycles. The van der Waals surface area contributed by atoms with Gasteiger partial charge in [-0.3, -0.25) is 0 Å². The van der Waals surface area contributed by atoms with Gasteiger partial charge in [-0.15, -0.1) is 0 Å². The molecular weight excluding hydrogens is 278 g/mol. The zero-order chi connectivity index (χ0) is 12.1. The number of rotatable bonds is 4. The first-order chi connectivity index (χ1) is 8.24. The maximum Gasteiger partial charge on any atom is 0.130 e. The summed E-state index contributed by atoms with van der Waals surface area (Å²) in [6.45, 7) is 3.38. The Balaban J connectivity index is 1.69. The molecule has 2 rings (SSSR count). The van der Waals surface area contributed by atoms with Gasteiger partial charge < -0.3 is 5.32 Å². The molecule has 1 aromatic heterocycles. The van der Waals surface area contributed by atoms with E-state index in [2.05, 4.69) is 38.1 Å². The van der Waals surface area contributed by atoms with Crippen LogP contribution in [0.15, 0.2) is 17.0 Å². The van der Waals surface area contributed by atoms with Crippen LogP contribution < -0.4 is 5.32 Å². The van der Waals surface area contributed by atoms with Gasteiger partial charge in [-0.05, 0) is 34.2 Å². The van der Waals surface area contributed by atoms with E-state index in [4.69, 9.17) is 0 Å². The lowest BCUT2D eigenvalue weighted by atomic mass is 9.81. The summed E-state index contributed by atoms with van der Waals surface area (Å²) in [4.78, 5) is 8.19. The number of aromatic nitrogens is 2. The van der Waals surface area contributed by atoms with E-state index in [0.29, 0.717) is 0 Å². The standard InChI is InChI=1S/C13H20BrN3/c1-10-2-4-11(5-3-10)6-7-15-13-8-12(14)16-9-17-13/h8-11H,2-7H2,1H3,(H,15,16,17). The second kappa shape index (κ2) is 6.34. The minimum atomic E-state index is 0.835. The molecule has 0 atom stereocenters. The Kier molecular flexibility index (Phi) is 4.77. The lowest BCUT2D eigenvalue weighted by Gasteiger charge is -2.26. The quantitative estimate of drug-likeness (QED) is 0.858. The molecule has 17 heavy (non-hydrogen) atoms. The Morgan fingerprint density at radius 3 is 2.76 bits per heavy atom. The van der Waals surface area contributed by atoms with Crippen LogP contribution in [0, 0.1) is 11.8 Å². The summed E-state index contributed by atoms with van der Waals surface area (Å²) in [5.74, 6) is 2.76. The fourth-order valence-corrected chi connectivity index (χ4v) is 2.76. The van der Waals surface area contributed by atoms with Gasteiger partial charge in [0, 0.05) is 12.6 Å². The summed E-state index contributed by atoms with van der Waals surface area (Å²) in [5, 5.41) is 3.36. The van der Waals surface area contributed by atoms with Gasteiger partial charge in [0.25, 0.3) is 0 Å². The highest BCUT2D eigenvalue weighted by Gasteiger charge is 2.17. The first-order valence-corrected chi connectivity index (χ1v) is 7.25. The predicted molar refractivity (Wildman–Crippen MR) is 74.0 cm³/mol. The van der Waals surface area contributed by atoms with Gasteiger partial charge in [0.15, 0.2) is 0 Å². The second-order valence-electron chi connectivity index (χ2n) is 5.07. The van der Waals surface area contributed by atoms with Gasteiger partial charge >= 0.3 is 0 Å². The Morgan fingerprint density at radius 1 is 1.29 bits per heavy atom. The molecular formula is C13H20BrN3. The first kappa shape index (κ1) is 12.8. The number of hydrogen-bond donors (Lipinski definition) is 1. The summed E-state index contributed by atoms with van der Waals surface area (Å²) < 4.78 is 0.835. The molecule has 1 aliphatic rings. The summed E-state index contributed by atoms with van der Waals surface area (Å²) >= 11 is 3.35. The van der Waals surface area contributed by atoms with Gasteiger partial charge in [0.1, 0.15) is 16.7 Å². The lowest BCUT2D eigenvalue weighted by molar-refractivity contribution is 0.282. The van der Waals surface area contributed by atoms with Crippen LogP contribution in [0.2, 0.25) is 0 Å². The molecule has 1 aromatic rings. The van der Waals surface area contributed by atoms with E-state index in [0.717, 1.165) is 28.8 Å². The SMILES string of the molecule is CC1CCC(CCNc2cc(Br)ncn2)CC1. The molecule has 4 heteroatoms. The van der Waals surface area contributed by atoms with E-state index in [-0.39, 0.29) is 0 Å². The van der Waals surface area contributed by atoms with Crippen molar-refractivity contribution >= 4 is 21.7 Å². The van der Waals surface area contributed by atoms with Gasteiger partial charge in [-0.2, -0.15) is 0 Å². The van der Waals surface area contributed by atoms with E-state index in [9.17, 15) is 0 Å². The van der Waals surface area contributed by atoms with Crippen molar-refractivity contribution < 1.29 is 0 Å². The zero-order valence-electron chi connectivity index (χ0n) is 10.3. The summed E-state index contributed by atoms with van der Waals surface area (Å²) in [6, 6.07) is 1.92. The molecule has 0 unspecified atom stereocenters. The molecule has 0 aliphatic heterocycles. The average molecular weight is 298 g/mol. The number of nitrogens with one attached hydrogen (secondary N) is 1. The van der Waals surface area contributed by atoms with E-state index < -0.39 is 0 Å². The maximum atomic E-state index is 4.18. The predicted octanol–water partition coefficient (Wildman–Crippen LogP) is 3.87. The Hall–Kier alpha value is -0.640. The third kappa shape index (κ3) is 4.26. The van der Waals surface area contributed by atoms with Gasteiger partial charge in [0.2, 0.25) is 0 Å². The minimum absolute atomic E-state index is 0.835. The average Bonchev–Trinajstić information content (AvgIpc) is 2.32. The molecule has 1 N–H and O–H groups in total. The molecule has 0 saturated heterocycles. The maximum absolute atomic E-state index is 4.18. The molecule has 0 aromatic carbocycles. The smallest absolute Gasteiger partial charge is 0.130 e. The molecule has 1 saturated carbocycles. The molecule has 1 fully saturated rings. The lowest BCUT2D eigenvalue weighted by Crippen LogP contribution is -2.16. The van der Waals surface area contributed by atoms with Crippen molar-refractivity contribution in [2.24, 2.45) is 11.8 Å². The Morgan fingerprint density at radius 2 is 2.06 bits per heavy atom. The van der Waals surface area contributed by atoms with Crippen molar-refractivity contribution in [1.82, 2.24) is 9.97 Å². The van der Waals surface area contributed by atoms with E-state index in [1.54, 1.807) is 6.33 Å². The number of hydrogen-bond acceptors (Lipinski definition) is 3. The summed E-state index contributed by atoms with van der Waals surface area (Å²) in [6.07, 6.45) is 8.45. The largest absolute Gasteiger partial charge is 0.370 e. The third-order valence-corrected chi connectivity index (χ3v) is 4.06. The van der Waals surface area contributed by atoms with Gasteiger partial charge in [0.05, 0.1) is 0 Å². The van der Waals surface area contributed by atoms with E-state index >= 15 is 0 Å². The molecule has 0 bridgehead atoms. The van der Waals surface area contributed by atoms with Crippen LogP contribution in [0.1, 0.15) is 39.0 Å². The number of anilines is 1. The molecule has 0 radical (unpaired) electrons. The summed E-state index contributed by atoms with van der Waals surface area (Å²) in [7, 11) is 0. The normalized spacial score (nSPS) is 24.6. The van der Waals surface area contributed by atoms with E-state index in [1.807, 2.05) is 6.07 Å². The van der Waals surface area contributed by atoms with Crippen molar-refractivity contribution in [1.29, 1.82) is 0 Å². The first-order valence-electron chi connectivity index (χ1n) is 6.45. The number of halogens is 1. The van der Waals surface area contributed by atoms with Crippen LogP contribution in [0.4, 0.5) is 5.82 Å². The van der Waals surface area contributed by atoms with Crippen molar-refractivity contribution in [3.63, 3.8) is 0 Å². The van der Waals surface area contributed by atoms with Gasteiger partial charge in [-0.1, -0.05) is 32.6 Å². The highest BCUT2D eigenvalue weighted by atomic mass is 79.9. The van der Waals surface area contributed by atoms with Crippen LogP contribution in [0.5, 0.6) is 0 Å². The van der Waals surface area contributed by atoms with Crippen LogP contribution in [0.3, 0.4) is 0 Å². The number of nitrogens with zero attached hydrogens (tertiary/aromatic N) is 2. The van der Waals surface area contributed by atoms with Crippen molar-refractivity contribution in [2.45, 2.75) is 39.0 Å². The van der Waals surface area contributed by atoms with Crippen LogP contribution in [-0.2, 0) is 0 Å². The fourth-order valence-electron chi connectivity index (χ4n) is 2.45. The Labute approximate surface area is 112 Å².